The number of ketones is 1. The van der Waals surface area contributed by atoms with E-state index in [0.717, 1.165) is 29.5 Å². The molecule has 5 rings (SSSR count). The van der Waals surface area contributed by atoms with Crippen molar-refractivity contribution in [1.29, 1.82) is 10.5 Å². The Morgan fingerprint density at radius 1 is 1.08 bits per heavy atom. The van der Waals surface area contributed by atoms with Gasteiger partial charge in [0, 0.05) is 17.5 Å². The number of allylic oxidation sites excluding steroid dienone is 1. The molecule has 2 heterocycles. The van der Waals surface area contributed by atoms with Crippen LogP contribution in [0.1, 0.15) is 57.8 Å². The first-order chi connectivity index (χ1) is 18.8. The number of hydrogen-bond acceptors (Lipinski definition) is 8. The molecule has 2 aliphatic rings. The molecule has 1 atom stereocenters. The van der Waals surface area contributed by atoms with E-state index in [1.165, 1.54) is 42.5 Å². The van der Waals surface area contributed by atoms with Gasteiger partial charge in [0.2, 0.25) is 11.8 Å². The van der Waals surface area contributed by atoms with E-state index in [4.69, 9.17) is 5.73 Å². The Morgan fingerprint density at radius 2 is 1.77 bits per heavy atom. The fourth-order valence-corrected chi connectivity index (χ4v) is 5.57. The SMILES string of the molecule is N#Cc1c(N)nc(S[C@H]2CC(=O)N(c3ccc(C(=O)/C=C\c4ccccc4F)cc3)C2=O)c(C#N)c1C1CC1. The number of nitrogens with zero attached hydrogens (tertiary/aromatic N) is 4. The number of anilines is 2. The van der Waals surface area contributed by atoms with Gasteiger partial charge in [0.25, 0.3) is 0 Å². The predicted octanol–water partition coefficient (Wildman–Crippen LogP) is 4.74. The first kappa shape index (κ1) is 25.8. The second kappa shape index (κ2) is 10.5. The molecule has 2 N–H and O–H groups in total. The van der Waals surface area contributed by atoms with E-state index >= 15 is 0 Å². The summed E-state index contributed by atoms with van der Waals surface area (Å²) in [4.78, 5) is 43.9. The smallest absolute Gasteiger partial charge is 0.247 e. The number of imide groups is 1. The molecule has 1 aliphatic heterocycles. The van der Waals surface area contributed by atoms with Crippen molar-refractivity contribution in [2.45, 2.75) is 35.5 Å². The van der Waals surface area contributed by atoms with E-state index < -0.39 is 22.9 Å². The zero-order valence-electron chi connectivity index (χ0n) is 20.4. The Bertz CT molecular complexity index is 1630. The third kappa shape index (κ3) is 5.02. The maximum Gasteiger partial charge on any atom is 0.247 e. The standard InChI is InChI=1S/C29H20FN5O3S/c30-22-4-2-1-3-16(22)9-12-23(36)17-7-10-19(11-8-17)35-25(37)13-24(29(35)38)39-28-21(15-32)26(18-5-6-18)20(14-31)27(33)34-28/h1-4,7-12,18,24H,5-6,13H2,(H2,33,34)/b12-9-/t24-/m0/s1. The normalized spacial score (nSPS) is 16.9. The molecule has 1 aromatic heterocycles. The zero-order chi connectivity index (χ0) is 27.7. The van der Waals surface area contributed by atoms with Crippen molar-refractivity contribution in [3.8, 4) is 12.1 Å². The van der Waals surface area contributed by atoms with Gasteiger partial charge in [0.1, 0.15) is 28.8 Å². The van der Waals surface area contributed by atoms with Gasteiger partial charge in [-0.25, -0.2) is 14.3 Å². The highest BCUT2D eigenvalue weighted by Gasteiger charge is 2.42. The van der Waals surface area contributed by atoms with Crippen molar-refractivity contribution in [2.75, 3.05) is 10.6 Å². The molecular weight excluding hydrogens is 517 g/mol. The largest absolute Gasteiger partial charge is 0.383 e. The lowest BCUT2D eigenvalue weighted by Gasteiger charge is -2.16. The van der Waals surface area contributed by atoms with Crippen LogP contribution in [0, 0.1) is 28.5 Å². The number of pyridine rings is 1. The van der Waals surface area contributed by atoms with Gasteiger partial charge in [-0.05, 0) is 66.8 Å². The van der Waals surface area contributed by atoms with Crippen LogP contribution in [0.5, 0.6) is 0 Å². The van der Waals surface area contributed by atoms with E-state index in [0.29, 0.717) is 16.8 Å². The minimum Gasteiger partial charge on any atom is -0.383 e. The Labute approximate surface area is 227 Å². The number of carbonyl (C=O) groups is 3. The molecular formula is C29H20FN5O3S. The molecule has 0 bridgehead atoms. The van der Waals surface area contributed by atoms with Gasteiger partial charge in [0.15, 0.2) is 5.78 Å². The first-order valence-electron chi connectivity index (χ1n) is 12.1. The van der Waals surface area contributed by atoms with Crippen molar-refractivity contribution in [2.24, 2.45) is 0 Å². The predicted molar refractivity (Wildman–Crippen MR) is 143 cm³/mol. The van der Waals surface area contributed by atoms with Crippen LogP contribution in [0.3, 0.4) is 0 Å². The van der Waals surface area contributed by atoms with Crippen LogP contribution in [-0.4, -0.2) is 27.8 Å². The molecule has 192 valence electrons. The van der Waals surface area contributed by atoms with Gasteiger partial charge in [-0.3, -0.25) is 14.4 Å². The van der Waals surface area contributed by atoms with Crippen LogP contribution in [0.15, 0.2) is 59.6 Å². The highest BCUT2D eigenvalue weighted by molar-refractivity contribution is 8.00. The average Bonchev–Trinajstić information content (AvgIpc) is 3.73. The maximum atomic E-state index is 13.8. The molecule has 0 unspecified atom stereocenters. The fraction of sp³-hybridized carbons (Fsp3) is 0.172. The number of nitrogen functional groups attached to an aromatic ring is 1. The van der Waals surface area contributed by atoms with Crippen LogP contribution >= 0.6 is 11.8 Å². The third-order valence-corrected chi connectivity index (χ3v) is 7.70. The number of halogens is 1. The first-order valence-corrected chi connectivity index (χ1v) is 12.9. The van der Waals surface area contributed by atoms with Crippen LogP contribution in [-0.2, 0) is 9.59 Å². The monoisotopic (exact) mass is 537 g/mol. The number of nitrogens with two attached hydrogens (primary N) is 1. The summed E-state index contributed by atoms with van der Waals surface area (Å²) in [5.74, 6) is -1.67. The van der Waals surface area contributed by atoms with Crippen LogP contribution in [0.25, 0.3) is 6.08 Å². The van der Waals surface area contributed by atoms with Gasteiger partial charge in [-0.15, -0.1) is 0 Å². The molecule has 1 saturated heterocycles. The van der Waals surface area contributed by atoms with Crippen molar-refractivity contribution in [3.63, 3.8) is 0 Å². The van der Waals surface area contributed by atoms with Gasteiger partial charge in [-0.1, -0.05) is 30.0 Å². The summed E-state index contributed by atoms with van der Waals surface area (Å²) in [6.07, 6.45) is 4.20. The molecule has 2 aromatic carbocycles. The molecule has 0 radical (unpaired) electrons. The Morgan fingerprint density at radius 3 is 2.41 bits per heavy atom. The maximum absolute atomic E-state index is 13.8. The summed E-state index contributed by atoms with van der Waals surface area (Å²) in [6.45, 7) is 0. The lowest BCUT2D eigenvalue weighted by molar-refractivity contribution is -0.121. The van der Waals surface area contributed by atoms with Crippen molar-refractivity contribution in [1.82, 2.24) is 4.98 Å². The number of nitriles is 2. The quantitative estimate of drug-likeness (QED) is 0.259. The number of hydrogen-bond donors (Lipinski definition) is 1. The second-order valence-corrected chi connectivity index (χ2v) is 10.3. The molecule has 2 fully saturated rings. The van der Waals surface area contributed by atoms with E-state index in [-0.39, 0.29) is 45.7 Å². The van der Waals surface area contributed by atoms with Gasteiger partial charge in [-0.2, -0.15) is 10.5 Å². The Kier molecular flexibility index (Phi) is 6.97. The highest BCUT2D eigenvalue weighted by atomic mass is 32.2. The van der Waals surface area contributed by atoms with Crippen molar-refractivity contribution < 1.29 is 18.8 Å². The molecule has 10 heteroatoms. The molecule has 39 heavy (non-hydrogen) atoms. The number of aromatic nitrogens is 1. The van der Waals surface area contributed by atoms with Gasteiger partial charge < -0.3 is 5.73 Å². The highest BCUT2D eigenvalue weighted by Crippen LogP contribution is 2.47. The minimum absolute atomic E-state index is 0.00108. The number of rotatable bonds is 7. The molecule has 1 saturated carbocycles. The molecule has 0 spiro atoms. The van der Waals surface area contributed by atoms with Crippen LogP contribution < -0.4 is 10.6 Å². The third-order valence-electron chi connectivity index (χ3n) is 6.53. The Hall–Kier alpha value is -4.80. The summed E-state index contributed by atoms with van der Waals surface area (Å²) < 4.78 is 13.8. The van der Waals surface area contributed by atoms with Gasteiger partial charge >= 0.3 is 0 Å². The summed E-state index contributed by atoms with van der Waals surface area (Å²) in [5, 5.41) is 18.7. The van der Waals surface area contributed by atoms with Crippen molar-refractivity contribution >= 4 is 46.9 Å². The van der Waals surface area contributed by atoms with E-state index in [1.807, 2.05) is 6.07 Å². The summed E-state index contributed by atoms with van der Waals surface area (Å²) in [5.41, 5.74) is 7.86. The zero-order valence-corrected chi connectivity index (χ0v) is 21.2. The summed E-state index contributed by atoms with van der Waals surface area (Å²) >= 11 is 0.990. The second-order valence-electron chi connectivity index (χ2n) is 9.11. The summed E-state index contributed by atoms with van der Waals surface area (Å²) in [7, 11) is 0. The lowest BCUT2D eigenvalue weighted by Crippen LogP contribution is -2.31. The topological polar surface area (TPSA) is 141 Å². The average molecular weight is 538 g/mol. The molecule has 8 nitrogen and oxygen atoms in total. The number of thioether (sulfide) groups is 1. The van der Waals surface area contributed by atoms with Gasteiger partial charge in [0.05, 0.1) is 22.1 Å². The lowest BCUT2D eigenvalue weighted by atomic mass is 10.0. The number of benzene rings is 2. The van der Waals surface area contributed by atoms with E-state index in [9.17, 15) is 29.3 Å². The number of carbonyl (C=O) groups excluding carboxylic acids is 3. The van der Waals surface area contributed by atoms with Crippen molar-refractivity contribution in [3.05, 3.63) is 88.2 Å². The number of amides is 2. The minimum atomic E-state index is -0.832. The summed E-state index contributed by atoms with van der Waals surface area (Å²) in [6, 6.07) is 16.2. The van der Waals surface area contributed by atoms with Crippen LogP contribution in [0.4, 0.5) is 15.9 Å². The van der Waals surface area contributed by atoms with Crippen LogP contribution in [0.2, 0.25) is 0 Å². The molecule has 3 aromatic rings. The molecule has 1 aliphatic carbocycles. The van der Waals surface area contributed by atoms with E-state index in [1.54, 1.807) is 18.2 Å². The Balaban J connectivity index is 1.34. The fourth-order valence-electron chi connectivity index (χ4n) is 4.44. The molecule has 2 amide bonds. The van der Waals surface area contributed by atoms with E-state index in [2.05, 4.69) is 11.1 Å².